The molecule has 1 aliphatic rings. The Morgan fingerprint density at radius 1 is 1.64 bits per heavy atom. The minimum atomic E-state index is 0.432. The van der Waals surface area contributed by atoms with E-state index in [1.807, 2.05) is 7.05 Å². The maximum Gasteiger partial charge on any atom is 0.0976 e. The van der Waals surface area contributed by atoms with Gasteiger partial charge >= 0.3 is 0 Å². The molecular formula is C10H14ClNS2. The number of thiophene rings is 1. The van der Waals surface area contributed by atoms with Gasteiger partial charge in [-0.1, -0.05) is 11.6 Å². The fraction of sp³-hybridized carbons (Fsp3) is 0.600. The van der Waals surface area contributed by atoms with E-state index in [9.17, 15) is 0 Å². The Kier molecular flexibility index (Phi) is 3.77. The van der Waals surface area contributed by atoms with Gasteiger partial charge in [0.05, 0.1) is 4.34 Å². The van der Waals surface area contributed by atoms with Crippen LogP contribution in [0.3, 0.4) is 0 Å². The van der Waals surface area contributed by atoms with Crippen LogP contribution in [0, 0.1) is 0 Å². The van der Waals surface area contributed by atoms with Gasteiger partial charge in [-0.2, -0.15) is 11.8 Å². The fourth-order valence-electron chi connectivity index (χ4n) is 1.93. The molecule has 78 valence electrons. The molecule has 1 fully saturated rings. The Balaban J connectivity index is 2.16. The topological polar surface area (TPSA) is 12.0 Å². The largest absolute Gasteiger partial charge is 0.312 e. The van der Waals surface area contributed by atoms with Gasteiger partial charge in [-0.3, -0.25) is 0 Å². The van der Waals surface area contributed by atoms with Crippen molar-refractivity contribution in [2.24, 2.45) is 0 Å². The van der Waals surface area contributed by atoms with Crippen LogP contribution < -0.4 is 5.32 Å². The first-order valence-electron chi connectivity index (χ1n) is 4.84. The zero-order valence-electron chi connectivity index (χ0n) is 8.13. The summed E-state index contributed by atoms with van der Waals surface area (Å²) in [4.78, 5) is 0. The molecule has 1 N–H and O–H groups in total. The van der Waals surface area contributed by atoms with Crippen molar-refractivity contribution in [3.63, 3.8) is 0 Å². The van der Waals surface area contributed by atoms with Crippen molar-refractivity contribution in [3.05, 3.63) is 21.3 Å². The van der Waals surface area contributed by atoms with Crippen LogP contribution >= 0.6 is 34.7 Å². The fourth-order valence-corrected chi connectivity index (χ4v) is 4.38. The van der Waals surface area contributed by atoms with Gasteiger partial charge in [0.1, 0.15) is 0 Å². The zero-order valence-corrected chi connectivity index (χ0v) is 10.5. The lowest BCUT2D eigenvalue weighted by molar-refractivity contribution is 0.553. The predicted molar refractivity (Wildman–Crippen MR) is 66.6 cm³/mol. The molecule has 0 saturated carbocycles. The summed E-state index contributed by atoms with van der Waals surface area (Å²) in [6, 6.07) is 2.58. The Morgan fingerprint density at radius 2 is 2.50 bits per heavy atom. The van der Waals surface area contributed by atoms with Gasteiger partial charge in [-0.25, -0.2) is 0 Å². The Bertz CT molecular complexity index is 294. The quantitative estimate of drug-likeness (QED) is 0.877. The Labute approximate surface area is 98.2 Å². The first-order chi connectivity index (χ1) is 6.83. The van der Waals surface area contributed by atoms with Crippen molar-refractivity contribution in [2.75, 3.05) is 12.8 Å². The first kappa shape index (κ1) is 10.8. The molecule has 0 amide bonds. The molecule has 2 heterocycles. The summed E-state index contributed by atoms with van der Waals surface area (Å²) in [7, 11) is 2.03. The zero-order chi connectivity index (χ0) is 9.97. The second-order valence-corrected chi connectivity index (χ2v) is 6.33. The molecule has 0 spiro atoms. The van der Waals surface area contributed by atoms with Gasteiger partial charge in [0, 0.05) is 11.3 Å². The van der Waals surface area contributed by atoms with E-state index in [-0.39, 0.29) is 0 Å². The van der Waals surface area contributed by atoms with Gasteiger partial charge in [0.15, 0.2) is 0 Å². The van der Waals surface area contributed by atoms with E-state index in [4.69, 9.17) is 11.6 Å². The van der Waals surface area contributed by atoms with Crippen molar-refractivity contribution in [1.82, 2.24) is 5.32 Å². The number of nitrogens with one attached hydrogen (secondary N) is 1. The second kappa shape index (κ2) is 4.88. The van der Waals surface area contributed by atoms with Crippen molar-refractivity contribution >= 4 is 34.7 Å². The highest BCUT2D eigenvalue weighted by Gasteiger charge is 2.27. The Morgan fingerprint density at radius 3 is 3.00 bits per heavy atom. The van der Waals surface area contributed by atoms with Gasteiger partial charge in [0.2, 0.25) is 0 Å². The standard InChI is InChI=1S/C10H14ClNS2/c1-12-9(8-3-2-5-13-8)7-4-6-14-10(7)11/h4,6,8-9,12H,2-3,5H2,1H3. The Hall–Kier alpha value is 0.300. The molecule has 1 aromatic heterocycles. The van der Waals surface area contributed by atoms with Crippen LogP contribution in [0.25, 0.3) is 0 Å². The average Bonchev–Trinajstić information content (AvgIpc) is 2.80. The number of halogens is 1. The van der Waals surface area contributed by atoms with Crippen LogP contribution in [0.15, 0.2) is 11.4 Å². The van der Waals surface area contributed by atoms with Gasteiger partial charge < -0.3 is 5.32 Å². The molecular weight excluding hydrogens is 234 g/mol. The molecule has 1 aromatic rings. The monoisotopic (exact) mass is 247 g/mol. The molecule has 0 bridgehead atoms. The summed E-state index contributed by atoms with van der Waals surface area (Å²) in [6.07, 6.45) is 2.65. The summed E-state index contributed by atoms with van der Waals surface area (Å²) in [6.45, 7) is 0. The van der Waals surface area contributed by atoms with Crippen molar-refractivity contribution in [2.45, 2.75) is 24.1 Å². The summed E-state index contributed by atoms with van der Waals surface area (Å²) < 4.78 is 0.942. The third-order valence-electron chi connectivity index (χ3n) is 2.63. The molecule has 2 atom stereocenters. The average molecular weight is 248 g/mol. The second-order valence-electron chi connectivity index (χ2n) is 3.47. The molecule has 14 heavy (non-hydrogen) atoms. The highest BCUT2D eigenvalue weighted by Crippen LogP contribution is 2.39. The third-order valence-corrected chi connectivity index (χ3v) is 5.29. The molecule has 1 saturated heterocycles. The minimum Gasteiger partial charge on any atom is -0.312 e. The van der Waals surface area contributed by atoms with E-state index in [2.05, 4.69) is 28.5 Å². The molecule has 2 unspecified atom stereocenters. The SMILES string of the molecule is CNC(c1ccsc1Cl)C1CCCS1. The van der Waals surface area contributed by atoms with Crippen LogP contribution in [0.2, 0.25) is 4.34 Å². The van der Waals surface area contributed by atoms with Crippen LogP contribution in [0.4, 0.5) is 0 Å². The van der Waals surface area contributed by atoms with E-state index < -0.39 is 0 Å². The molecule has 2 rings (SSSR count). The maximum absolute atomic E-state index is 6.16. The normalized spacial score (nSPS) is 24.0. The van der Waals surface area contributed by atoms with Gasteiger partial charge in [-0.05, 0) is 42.7 Å². The molecule has 0 aromatic carbocycles. The van der Waals surface area contributed by atoms with E-state index >= 15 is 0 Å². The van der Waals surface area contributed by atoms with Gasteiger partial charge in [0.25, 0.3) is 0 Å². The lowest BCUT2D eigenvalue weighted by atomic mass is 10.0. The molecule has 4 heteroatoms. The van der Waals surface area contributed by atoms with E-state index in [0.29, 0.717) is 11.3 Å². The lowest BCUT2D eigenvalue weighted by Gasteiger charge is -2.21. The molecule has 0 aliphatic carbocycles. The molecule has 0 radical (unpaired) electrons. The van der Waals surface area contributed by atoms with E-state index in [1.165, 1.54) is 24.2 Å². The maximum atomic E-state index is 6.16. The predicted octanol–water partition coefficient (Wildman–Crippen LogP) is 3.56. The number of thioether (sulfide) groups is 1. The van der Waals surface area contributed by atoms with E-state index in [1.54, 1.807) is 11.3 Å². The van der Waals surface area contributed by atoms with Crippen LogP contribution in [-0.2, 0) is 0 Å². The third kappa shape index (κ3) is 2.11. The van der Waals surface area contributed by atoms with Gasteiger partial charge in [-0.15, -0.1) is 11.3 Å². The number of rotatable bonds is 3. The summed E-state index contributed by atoms with van der Waals surface area (Å²) in [5.41, 5.74) is 1.28. The summed E-state index contributed by atoms with van der Waals surface area (Å²) >= 11 is 9.85. The molecule has 1 nitrogen and oxygen atoms in total. The van der Waals surface area contributed by atoms with Crippen molar-refractivity contribution in [3.8, 4) is 0 Å². The summed E-state index contributed by atoms with van der Waals surface area (Å²) in [5.74, 6) is 1.30. The van der Waals surface area contributed by atoms with Crippen LogP contribution in [-0.4, -0.2) is 18.1 Å². The van der Waals surface area contributed by atoms with Crippen LogP contribution in [0.5, 0.6) is 0 Å². The number of hydrogen-bond donors (Lipinski definition) is 1. The smallest absolute Gasteiger partial charge is 0.0976 e. The first-order valence-corrected chi connectivity index (χ1v) is 7.15. The van der Waals surface area contributed by atoms with Crippen LogP contribution in [0.1, 0.15) is 24.4 Å². The van der Waals surface area contributed by atoms with E-state index in [0.717, 1.165) is 4.34 Å². The highest BCUT2D eigenvalue weighted by molar-refractivity contribution is 8.00. The molecule has 1 aliphatic heterocycles. The van der Waals surface area contributed by atoms with Crippen molar-refractivity contribution < 1.29 is 0 Å². The minimum absolute atomic E-state index is 0.432. The lowest BCUT2D eigenvalue weighted by Crippen LogP contribution is -2.25. The van der Waals surface area contributed by atoms with Crippen molar-refractivity contribution in [1.29, 1.82) is 0 Å². The summed E-state index contributed by atoms with van der Waals surface area (Å²) in [5, 5.41) is 6.16. The number of hydrogen-bond acceptors (Lipinski definition) is 3. The highest BCUT2D eigenvalue weighted by atomic mass is 35.5.